The largest absolute Gasteiger partial charge is 0.355 e. The molecule has 3 atom stereocenters. The molecule has 2 saturated heterocycles. The van der Waals surface area contributed by atoms with Gasteiger partial charge in [0.15, 0.2) is 5.65 Å². The van der Waals surface area contributed by atoms with E-state index in [1.807, 2.05) is 40.7 Å². The van der Waals surface area contributed by atoms with E-state index >= 15 is 0 Å². The van der Waals surface area contributed by atoms with Crippen LogP contribution in [0.25, 0.3) is 5.65 Å². The highest BCUT2D eigenvalue weighted by Gasteiger charge is 2.35. The topological polar surface area (TPSA) is 107 Å². The molecule has 0 spiro atoms. The molecular weight excluding hydrogens is 440 g/mol. The van der Waals surface area contributed by atoms with Crippen LogP contribution in [0.4, 0.5) is 5.82 Å². The number of rotatable bonds is 8. The van der Waals surface area contributed by atoms with Crippen LogP contribution in [0.15, 0.2) is 12.3 Å². The number of aromatic nitrogens is 3. The predicted octanol–water partition coefficient (Wildman–Crippen LogP) is 3.01. The molecule has 0 saturated carbocycles. The molecule has 4 heterocycles. The van der Waals surface area contributed by atoms with Crippen molar-refractivity contribution in [1.82, 2.24) is 24.4 Å². The number of hydrogen-bond donors (Lipinski definition) is 2. The lowest BCUT2D eigenvalue weighted by molar-refractivity contribution is -0.140. The van der Waals surface area contributed by atoms with Crippen LogP contribution in [0, 0.1) is 18.3 Å². The Morgan fingerprint density at radius 1 is 1.23 bits per heavy atom. The zero-order chi connectivity index (χ0) is 25.3. The maximum Gasteiger partial charge on any atom is 0.240 e. The second-order valence-electron chi connectivity index (χ2n) is 11.0. The highest BCUT2D eigenvalue weighted by atomic mass is 16.2. The van der Waals surface area contributed by atoms with Crippen molar-refractivity contribution >= 4 is 23.1 Å². The summed E-state index contributed by atoms with van der Waals surface area (Å²) in [5, 5.41) is 13.3. The van der Waals surface area contributed by atoms with Gasteiger partial charge in [0.2, 0.25) is 5.91 Å². The van der Waals surface area contributed by atoms with Crippen LogP contribution in [-0.4, -0.2) is 81.8 Å². The van der Waals surface area contributed by atoms with Gasteiger partial charge in [-0.1, -0.05) is 13.8 Å². The highest BCUT2D eigenvalue weighted by molar-refractivity contribution is 5.90. The number of hydrogen-bond acceptors (Lipinski definition) is 7. The van der Waals surface area contributed by atoms with E-state index in [9.17, 15) is 4.79 Å². The number of fused-ring (bicyclic) bond motifs is 1. The summed E-state index contributed by atoms with van der Waals surface area (Å²) >= 11 is 0. The lowest BCUT2D eigenvalue weighted by Crippen LogP contribution is -2.49. The number of amides is 1. The van der Waals surface area contributed by atoms with Gasteiger partial charge in [0.25, 0.3) is 0 Å². The fraction of sp³-hybridized carbons (Fsp3) is 0.692. The molecule has 0 aromatic carbocycles. The molecule has 3 unspecified atom stereocenters. The highest BCUT2D eigenvalue weighted by Crippen LogP contribution is 2.33. The first kappa shape index (κ1) is 25.6. The molecule has 9 nitrogen and oxygen atoms in total. The minimum atomic E-state index is -0.328. The van der Waals surface area contributed by atoms with Crippen molar-refractivity contribution in [3.8, 4) is 0 Å². The van der Waals surface area contributed by atoms with E-state index in [4.69, 9.17) is 21.2 Å². The van der Waals surface area contributed by atoms with Gasteiger partial charge in [0.05, 0.1) is 17.8 Å². The van der Waals surface area contributed by atoms with Crippen LogP contribution in [0.1, 0.15) is 69.7 Å². The molecule has 3 N–H and O–H groups in total. The van der Waals surface area contributed by atoms with Gasteiger partial charge >= 0.3 is 0 Å². The number of likely N-dealkylation sites (N-methyl/N-ethyl adjacent to an activating group) is 1. The average molecular weight is 483 g/mol. The summed E-state index contributed by atoms with van der Waals surface area (Å²) in [5.74, 6) is 1.49. The number of carbonyl (C=O) groups is 1. The molecule has 9 heteroatoms. The molecule has 0 radical (unpaired) electrons. The molecule has 0 aliphatic carbocycles. The van der Waals surface area contributed by atoms with E-state index < -0.39 is 0 Å². The van der Waals surface area contributed by atoms with E-state index in [-0.39, 0.29) is 24.0 Å². The summed E-state index contributed by atoms with van der Waals surface area (Å²) in [6, 6.07) is 1.84. The molecule has 192 valence electrons. The lowest BCUT2D eigenvalue weighted by Gasteiger charge is -2.38. The van der Waals surface area contributed by atoms with Crippen LogP contribution in [-0.2, 0) is 4.79 Å². The number of nitrogens with two attached hydrogens (primary N) is 1. The maximum atomic E-state index is 13.8. The van der Waals surface area contributed by atoms with Crippen LogP contribution in [0.3, 0.4) is 0 Å². The molecular formula is C26H42N8O. The third kappa shape index (κ3) is 5.67. The van der Waals surface area contributed by atoms with E-state index in [1.54, 1.807) is 0 Å². The summed E-state index contributed by atoms with van der Waals surface area (Å²) in [6.07, 6.45) is 7.18. The standard InChI is InChI=1S/C26H42N8O/c1-17(2)12-20(28)13-23(31(4)5)26(35)33-10-7-6-8-22(33)21-14-24-29-25(18(3)15-34(24)30-21)32-11-9-19(27)16-32/h14-15,17,19,22-23,28H,6-13,16,27H2,1-5H3. The van der Waals surface area contributed by atoms with Crippen LogP contribution >= 0.6 is 0 Å². The van der Waals surface area contributed by atoms with Gasteiger partial charge in [0, 0.05) is 55.6 Å². The SMILES string of the molecule is Cc1cn2nc(C3CCCCN3C(=O)C(CC(=N)CC(C)C)N(C)C)cc2nc1N1CCC(N)C1. The minimum absolute atomic E-state index is 0.0661. The number of likely N-dealkylation sites (tertiary alicyclic amines) is 1. The van der Waals surface area contributed by atoms with Crippen molar-refractivity contribution in [3.63, 3.8) is 0 Å². The Kier molecular flexibility index (Phi) is 7.76. The van der Waals surface area contributed by atoms with Crippen molar-refractivity contribution < 1.29 is 4.79 Å². The van der Waals surface area contributed by atoms with Crippen LogP contribution in [0.5, 0.6) is 0 Å². The Morgan fingerprint density at radius 3 is 2.66 bits per heavy atom. The van der Waals surface area contributed by atoms with Gasteiger partial charge in [-0.05, 0) is 59.0 Å². The fourth-order valence-electron chi connectivity index (χ4n) is 5.48. The Morgan fingerprint density at radius 2 is 2.00 bits per heavy atom. The summed E-state index contributed by atoms with van der Waals surface area (Å²) < 4.78 is 1.85. The summed E-state index contributed by atoms with van der Waals surface area (Å²) in [5.41, 5.74) is 9.55. The number of nitrogens with one attached hydrogen (secondary N) is 1. The Balaban J connectivity index is 1.59. The van der Waals surface area contributed by atoms with E-state index in [1.165, 1.54) is 0 Å². The van der Waals surface area contributed by atoms with Crippen molar-refractivity contribution in [2.75, 3.05) is 38.6 Å². The van der Waals surface area contributed by atoms with Gasteiger partial charge in [-0.15, -0.1) is 0 Å². The van der Waals surface area contributed by atoms with E-state index in [0.29, 0.717) is 18.1 Å². The molecule has 1 amide bonds. The maximum absolute atomic E-state index is 13.8. The Bertz CT molecular complexity index is 1060. The molecule has 0 bridgehead atoms. The normalized spacial score (nSPS) is 21.9. The van der Waals surface area contributed by atoms with Crippen LogP contribution in [0.2, 0.25) is 0 Å². The van der Waals surface area contributed by atoms with Gasteiger partial charge in [-0.25, -0.2) is 9.50 Å². The fourth-order valence-corrected chi connectivity index (χ4v) is 5.48. The Hall–Kier alpha value is -2.52. The molecule has 2 aliphatic heterocycles. The number of carbonyl (C=O) groups excluding carboxylic acids is 1. The smallest absolute Gasteiger partial charge is 0.240 e. The quantitative estimate of drug-likeness (QED) is 0.560. The molecule has 2 aromatic rings. The number of aryl methyl sites for hydroxylation is 1. The molecule has 4 rings (SSSR count). The van der Waals surface area contributed by atoms with Gasteiger partial charge < -0.3 is 20.9 Å². The van der Waals surface area contributed by atoms with E-state index in [2.05, 4.69) is 25.7 Å². The van der Waals surface area contributed by atoms with Crippen LogP contribution < -0.4 is 10.6 Å². The summed E-state index contributed by atoms with van der Waals surface area (Å²) in [4.78, 5) is 25.0. The number of nitrogens with zero attached hydrogens (tertiary/aromatic N) is 6. The van der Waals surface area contributed by atoms with Crippen molar-refractivity contribution in [2.24, 2.45) is 11.7 Å². The first-order valence-electron chi connectivity index (χ1n) is 13.0. The number of piperidine rings is 1. The Labute approximate surface area is 209 Å². The molecule has 2 fully saturated rings. The molecule has 35 heavy (non-hydrogen) atoms. The zero-order valence-electron chi connectivity index (χ0n) is 22.0. The lowest BCUT2D eigenvalue weighted by atomic mass is 9.95. The second-order valence-corrected chi connectivity index (χ2v) is 11.0. The summed E-state index contributed by atoms with van der Waals surface area (Å²) in [6.45, 7) is 8.77. The monoisotopic (exact) mass is 482 g/mol. The third-order valence-electron chi connectivity index (χ3n) is 7.28. The third-order valence-corrected chi connectivity index (χ3v) is 7.28. The summed E-state index contributed by atoms with van der Waals surface area (Å²) in [7, 11) is 3.88. The first-order chi connectivity index (χ1) is 16.6. The van der Waals surface area contributed by atoms with E-state index in [0.717, 1.165) is 74.5 Å². The average Bonchev–Trinajstić information content (AvgIpc) is 3.41. The first-order valence-corrected chi connectivity index (χ1v) is 13.0. The zero-order valence-corrected chi connectivity index (χ0v) is 22.0. The van der Waals surface area contributed by atoms with Crippen molar-refractivity contribution in [2.45, 2.75) is 77.4 Å². The van der Waals surface area contributed by atoms with Gasteiger partial charge in [0.1, 0.15) is 5.82 Å². The number of anilines is 1. The second kappa shape index (κ2) is 10.6. The van der Waals surface area contributed by atoms with Gasteiger partial charge in [-0.2, -0.15) is 5.10 Å². The molecule has 2 aliphatic rings. The van der Waals surface area contributed by atoms with Gasteiger partial charge in [-0.3, -0.25) is 9.69 Å². The predicted molar refractivity (Wildman–Crippen MR) is 140 cm³/mol. The molecule has 2 aromatic heterocycles. The van der Waals surface area contributed by atoms with Crippen molar-refractivity contribution in [3.05, 3.63) is 23.5 Å². The minimum Gasteiger partial charge on any atom is -0.355 e. The van der Waals surface area contributed by atoms with Crippen molar-refractivity contribution in [1.29, 1.82) is 5.41 Å².